The molecule has 29 heavy (non-hydrogen) atoms. The largest absolute Gasteiger partial charge is 0.497 e. The minimum Gasteiger partial charge on any atom is -0.497 e. The Labute approximate surface area is 164 Å². The molecule has 0 unspecified atom stereocenters. The fourth-order valence-electron chi connectivity index (χ4n) is 2.98. The molecule has 3 aromatic rings. The van der Waals surface area contributed by atoms with E-state index >= 15 is 0 Å². The summed E-state index contributed by atoms with van der Waals surface area (Å²) in [7, 11) is 1.52. The zero-order valence-electron chi connectivity index (χ0n) is 15.3. The highest BCUT2D eigenvalue weighted by Gasteiger charge is 2.45. The smallest absolute Gasteiger partial charge is 0.323 e. The molecule has 4 rings (SSSR count). The predicted octanol–water partition coefficient (Wildman–Crippen LogP) is 0.430. The number of carbonyl (C=O) groups excluding carboxylic acids is 2. The number of benzene rings is 1. The predicted molar refractivity (Wildman–Crippen MR) is 103 cm³/mol. The van der Waals surface area contributed by atoms with Gasteiger partial charge in [-0.15, -0.1) is 0 Å². The van der Waals surface area contributed by atoms with E-state index in [2.05, 4.69) is 32.4 Å². The van der Waals surface area contributed by atoms with Crippen LogP contribution < -0.4 is 20.9 Å². The maximum Gasteiger partial charge on any atom is 0.323 e. The van der Waals surface area contributed by atoms with Crippen LogP contribution in [0.5, 0.6) is 5.75 Å². The van der Waals surface area contributed by atoms with E-state index in [1.807, 2.05) is 0 Å². The minimum atomic E-state index is -1.61. The normalized spacial score (nSPS) is 18.0. The number of rotatable bonds is 3. The van der Waals surface area contributed by atoms with Gasteiger partial charge in [0.1, 0.15) is 5.75 Å². The Balaban J connectivity index is 1.77. The van der Waals surface area contributed by atoms with Crippen LogP contribution in [0.4, 0.5) is 4.79 Å². The molecule has 0 aliphatic carbocycles. The molecule has 0 spiro atoms. The summed E-state index contributed by atoms with van der Waals surface area (Å²) in [5.41, 5.74) is -0.953. The van der Waals surface area contributed by atoms with Crippen LogP contribution >= 0.6 is 0 Å². The number of urea groups is 1. The molecule has 3 amide bonds. The van der Waals surface area contributed by atoms with Crippen LogP contribution in [-0.4, -0.2) is 39.1 Å². The molecule has 0 bridgehead atoms. The Morgan fingerprint density at radius 1 is 1.24 bits per heavy atom. The van der Waals surface area contributed by atoms with E-state index in [1.54, 1.807) is 36.5 Å². The second-order valence-corrected chi connectivity index (χ2v) is 6.37. The van der Waals surface area contributed by atoms with E-state index < -0.39 is 17.5 Å². The standard InChI is InChI=1S/C20H15N5O4/c1-29-14-4-5-15-16(9-14)22-12-25(17(15)26)11-20(18(27)23-19(28)24-20)7-6-13-3-2-8-21-10-13/h2-5,8-10,12H,11H2,1H3,(H2,23,24,27,28)/t20-/m1/s1. The fourth-order valence-corrected chi connectivity index (χ4v) is 2.98. The number of aromatic nitrogens is 3. The van der Waals surface area contributed by atoms with Crippen LogP contribution in [0.25, 0.3) is 10.9 Å². The number of methoxy groups -OCH3 is 1. The maximum atomic E-state index is 12.9. The fraction of sp³-hybridized carbons (Fsp3) is 0.150. The van der Waals surface area contributed by atoms with E-state index in [9.17, 15) is 14.4 Å². The lowest BCUT2D eigenvalue weighted by Gasteiger charge is -2.20. The van der Waals surface area contributed by atoms with Gasteiger partial charge in [0.15, 0.2) is 0 Å². The molecule has 2 aromatic heterocycles. The SMILES string of the molecule is COc1ccc2c(=O)n(C[C@@]3(C#Cc4cccnc4)NC(=O)NC3=O)cnc2c1. The van der Waals surface area contributed by atoms with Crippen molar-refractivity contribution in [1.82, 2.24) is 25.2 Å². The van der Waals surface area contributed by atoms with E-state index in [0.717, 1.165) is 0 Å². The summed E-state index contributed by atoms with van der Waals surface area (Å²) >= 11 is 0. The van der Waals surface area contributed by atoms with Gasteiger partial charge in [-0.25, -0.2) is 9.78 Å². The van der Waals surface area contributed by atoms with Gasteiger partial charge in [0.2, 0.25) is 5.54 Å². The average molecular weight is 389 g/mol. The number of amides is 3. The molecule has 0 radical (unpaired) electrons. The van der Waals surface area contributed by atoms with Gasteiger partial charge in [-0.05, 0) is 24.3 Å². The Bertz CT molecular complexity index is 1240. The van der Waals surface area contributed by atoms with Crippen LogP contribution in [0.2, 0.25) is 0 Å². The number of pyridine rings is 1. The van der Waals surface area contributed by atoms with Crippen molar-refractivity contribution in [1.29, 1.82) is 0 Å². The summed E-state index contributed by atoms with van der Waals surface area (Å²) in [4.78, 5) is 45.5. The van der Waals surface area contributed by atoms with Crippen molar-refractivity contribution in [3.63, 3.8) is 0 Å². The van der Waals surface area contributed by atoms with Crippen LogP contribution in [0.1, 0.15) is 5.56 Å². The Morgan fingerprint density at radius 2 is 2.10 bits per heavy atom. The topological polar surface area (TPSA) is 115 Å². The van der Waals surface area contributed by atoms with E-state index in [0.29, 0.717) is 22.2 Å². The number of fused-ring (bicyclic) bond motifs is 1. The number of nitrogens with zero attached hydrogens (tertiary/aromatic N) is 3. The molecule has 1 aliphatic rings. The van der Waals surface area contributed by atoms with Crippen LogP contribution in [0.15, 0.2) is 53.8 Å². The van der Waals surface area contributed by atoms with Crippen LogP contribution in [0.3, 0.4) is 0 Å². The summed E-state index contributed by atoms with van der Waals surface area (Å²) in [5.74, 6) is 5.56. The highest BCUT2D eigenvalue weighted by atomic mass is 16.5. The summed E-state index contributed by atoms with van der Waals surface area (Å²) < 4.78 is 6.39. The second-order valence-electron chi connectivity index (χ2n) is 6.37. The molecule has 1 aromatic carbocycles. The van der Waals surface area contributed by atoms with Gasteiger partial charge in [0, 0.05) is 24.0 Å². The number of ether oxygens (including phenoxy) is 1. The van der Waals surface area contributed by atoms with Gasteiger partial charge >= 0.3 is 6.03 Å². The van der Waals surface area contributed by atoms with Crippen molar-refractivity contribution in [2.45, 2.75) is 12.1 Å². The number of hydrogen-bond acceptors (Lipinski definition) is 6. The van der Waals surface area contributed by atoms with Gasteiger partial charge in [0.25, 0.3) is 11.5 Å². The third-order valence-corrected chi connectivity index (χ3v) is 4.46. The highest BCUT2D eigenvalue weighted by molar-refractivity contribution is 6.09. The Hall–Kier alpha value is -4.19. The molecule has 1 fully saturated rings. The first-order valence-corrected chi connectivity index (χ1v) is 8.61. The molecule has 1 aliphatic heterocycles. The zero-order valence-corrected chi connectivity index (χ0v) is 15.3. The van der Waals surface area contributed by atoms with Crippen molar-refractivity contribution in [2.24, 2.45) is 0 Å². The molecule has 0 saturated carbocycles. The lowest BCUT2D eigenvalue weighted by Crippen LogP contribution is -2.50. The van der Waals surface area contributed by atoms with Crippen molar-refractivity contribution >= 4 is 22.8 Å². The Morgan fingerprint density at radius 3 is 2.79 bits per heavy atom. The number of imide groups is 1. The van der Waals surface area contributed by atoms with Gasteiger partial charge in [-0.3, -0.25) is 24.5 Å². The third kappa shape index (κ3) is 3.39. The molecular weight excluding hydrogens is 374 g/mol. The van der Waals surface area contributed by atoms with Crippen LogP contribution in [-0.2, 0) is 11.3 Å². The highest BCUT2D eigenvalue weighted by Crippen LogP contribution is 2.17. The monoisotopic (exact) mass is 389 g/mol. The number of carbonyl (C=O) groups is 2. The molecule has 1 saturated heterocycles. The molecule has 1 atom stereocenters. The van der Waals surface area contributed by atoms with Crippen molar-refractivity contribution < 1.29 is 14.3 Å². The molecule has 9 nitrogen and oxygen atoms in total. The molecule has 3 heterocycles. The first-order valence-electron chi connectivity index (χ1n) is 8.61. The van der Waals surface area contributed by atoms with E-state index in [4.69, 9.17) is 4.74 Å². The third-order valence-electron chi connectivity index (χ3n) is 4.46. The van der Waals surface area contributed by atoms with Crippen molar-refractivity contribution in [3.05, 3.63) is 65.0 Å². The van der Waals surface area contributed by atoms with Gasteiger partial charge in [-0.2, -0.15) is 0 Å². The van der Waals surface area contributed by atoms with E-state index in [-0.39, 0.29) is 12.1 Å². The second kappa shape index (κ2) is 7.09. The summed E-state index contributed by atoms with van der Waals surface area (Å²) in [6.07, 6.45) is 4.45. The molecular formula is C20H15N5O4. The molecule has 144 valence electrons. The van der Waals surface area contributed by atoms with E-state index in [1.165, 1.54) is 24.2 Å². The summed E-state index contributed by atoms with van der Waals surface area (Å²) in [5, 5.41) is 5.06. The lowest BCUT2D eigenvalue weighted by molar-refractivity contribution is -0.122. The molecule has 2 N–H and O–H groups in total. The van der Waals surface area contributed by atoms with Gasteiger partial charge in [0.05, 0.1) is 30.9 Å². The number of nitrogens with one attached hydrogen (secondary N) is 2. The lowest BCUT2D eigenvalue weighted by atomic mass is 10.00. The maximum absolute atomic E-state index is 12.9. The minimum absolute atomic E-state index is 0.203. The Kier molecular flexibility index (Phi) is 4.44. The summed E-state index contributed by atoms with van der Waals surface area (Å²) in [6, 6.07) is 7.64. The first kappa shape index (κ1) is 18.2. The van der Waals surface area contributed by atoms with Gasteiger partial charge < -0.3 is 10.1 Å². The zero-order chi connectivity index (χ0) is 20.4. The first-order chi connectivity index (χ1) is 14.0. The van der Waals surface area contributed by atoms with Gasteiger partial charge in [-0.1, -0.05) is 11.8 Å². The van der Waals surface area contributed by atoms with Crippen LogP contribution in [0, 0.1) is 11.8 Å². The number of hydrogen-bond donors (Lipinski definition) is 2. The quantitative estimate of drug-likeness (QED) is 0.496. The molecule has 9 heteroatoms. The van der Waals surface area contributed by atoms with Crippen molar-refractivity contribution in [3.8, 4) is 17.6 Å². The average Bonchev–Trinajstić information content (AvgIpc) is 3.02. The summed E-state index contributed by atoms with van der Waals surface area (Å²) in [6.45, 7) is -0.203. The van der Waals surface area contributed by atoms with Crippen molar-refractivity contribution in [2.75, 3.05) is 7.11 Å².